The molecule has 2 aromatic carbocycles. The van der Waals surface area contributed by atoms with Crippen molar-refractivity contribution in [3.8, 4) is 0 Å². The highest BCUT2D eigenvalue weighted by Gasteiger charge is 2.33. The topological polar surface area (TPSA) is 278 Å². The summed E-state index contributed by atoms with van der Waals surface area (Å²) in [7, 11) is 1.50. The second-order valence-electron chi connectivity index (χ2n) is 12.7. The van der Waals surface area contributed by atoms with Crippen molar-refractivity contribution < 1.29 is 63.2 Å². The largest absolute Gasteiger partial charge is 0.481 e. The van der Waals surface area contributed by atoms with Crippen molar-refractivity contribution in [1.82, 2.24) is 31.3 Å². The molecule has 302 valence electrons. The van der Waals surface area contributed by atoms with Crippen LogP contribution in [-0.2, 0) is 56.1 Å². The number of hydrogen-bond donors (Lipinski definition) is 7. The van der Waals surface area contributed by atoms with Gasteiger partial charge in [-0.1, -0.05) is 74.5 Å². The lowest BCUT2D eigenvalue weighted by molar-refractivity contribution is -0.148. The Labute approximate surface area is 322 Å². The number of hydrazine groups is 1. The van der Waals surface area contributed by atoms with Crippen LogP contribution in [-0.4, -0.2) is 117 Å². The predicted octanol–water partition coefficient (Wildman–Crippen LogP) is 0.448. The van der Waals surface area contributed by atoms with E-state index in [0.717, 1.165) is 17.7 Å². The van der Waals surface area contributed by atoms with Crippen molar-refractivity contribution in [3.63, 3.8) is 0 Å². The molecule has 0 heterocycles. The Hall–Kier alpha value is -6.79. The predicted molar refractivity (Wildman–Crippen MR) is 196 cm³/mol. The second kappa shape index (κ2) is 23.1. The number of hydrogen-bond acceptors (Lipinski definition) is 10. The van der Waals surface area contributed by atoms with E-state index in [4.69, 9.17) is 4.74 Å². The molecule has 0 unspecified atom stereocenters. The van der Waals surface area contributed by atoms with Crippen LogP contribution in [0.25, 0.3) is 0 Å². The van der Waals surface area contributed by atoms with E-state index in [2.05, 4.69) is 21.4 Å². The SMILES string of the molecule is CC(C)[C@H](NC(=O)[C@H](CCC(=O)O)NC(=O)[C@H](CC(=O)O)NC(=O)OCc1ccccc1)C(=O)NN(CC(=O)O)C(=O)C=CC(=O)N(C)CCc1ccccc1. The monoisotopic (exact) mass is 782 g/mol. The smallest absolute Gasteiger partial charge is 0.408 e. The first kappa shape index (κ1) is 45.4. The summed E-state index contributed by atoms with van der Waals surface area (Å²) in [6.07, 6.45) is -1.12. The molecule has 19 heteroatoms. The van der Waals surface area contributed by atoms with Crippen molar-refractivity contribution in [2.45, 2.75) is 64.3 Å². The molecule has 2 rings (SSSR count). The molecule has 2 aromatic rings. The molecule has 0 radical (unpaired) electrons. The first-order valence-electron chi connectivity index (χ1n) is 17.3. The molecule has 0 bridgehead atoms. The van der Waals surface area contributed by atoms with E-state index in [1.54, 1.807) is 30.3 Å². The molecular weight excluding hydrogens is 736 g/mol. The van der Waals surface area contributed by atoms with Gasteiger partial charge in [0.1, 0.15) is 31.3 Å². The summed E-state index contributed by atoms with van der Waals surface area (Å²) in [4.78, 5) is 114. The number of alkyl carbamates (subject to hydrolysis) is 1. The average molecular weight is 783 g/mol. The molecule has 0 aromatic heterocycles. The van der Waals surface area contributed by atoms with Crippen LogP contribution in [0.15, 0.2) is 72.8 Å². The normalized spacial score (nSPS) is 12.4. The summed E-state index contributed by atoms with van der Waals surface area (Å²) in [5.74, 6) is -10.2. The van der Waals surface area contributed by atoms with Gasteiger partial charge < -0.3 is 40.9 Å². The minimum Gasteiger partial charge on any atom is -0.481 e. The third-order valence-electron chi connectivity index (χ3n) is 7.85. The van der Waals surface area contributed by atoms with Crippen molar-refractivity contribution in [1.29, 1.82) is 0 Å². The van der Waals surface area contributed by atoms with Gasteiger partial charge in [0.25, 0.3) is 11.8 Å². The van der Waals surface area contributed by atoms with Gasteiger partial charge in [0, 0.05) is 32.2 Å². The van der Waals surface area contributed by atoms with Crippen LogP contribution in [0.5, 0.6) is 0 Å². The summed E-state index contributed by atoms with van der Waals surface area (Å²) in [5.41, 5.74) is 3.68. The summed E-state index contributed by atoms with van der Waals surface area (Å²) in [5, 5.41) is 35.1. The minimum atomic E-state index is -1.78. The van der Waals surface area contributed by atoms with E-state index in [0.29, 0.717) is 23.5 Å². The van der Waals surface area contributed by atoms with Crippen LogP contribution in [0.3, 0.4) is 0 Å². The number of benzene rings is 2. The first-order valence-corrected chi connectivity index (χ1v) is 17.3. The van der Waals surface area contributed by atoms with E-state index < -0.39 is 103 Å². The molecule has 0 saturated carbocycles. The minimum absolute atomic E-state index is 0.215. The van der Waals surface area contributed by atoms with Crippen molar-refractivity contribution >= 4 is 53.5 Å². The number of carbonyl (C=O) groups excluding carboxylic acids is 6. The Bertz CT molecular complexity index is 1740. The Balaban J connectivity index is 2.16. The Morgan fingerprint density at radius 3 is 1.82 bits per heavy atom. The number of nitrogens with zero attached hydrogens (tertiary/aromatic N) is 2. The number of likely N-dealkylation sites (N-methyl/N-ethyl adjacent to an activating group) is 1. The van der Waals surface area contributed by atoms with E-state index in [1.165, 1.54) is 25.8 Å². The molecule has 19 nitrogen and oxygen atoms in total. The van der Waals surface area contributed by atoms with E-state index in [-0.39, 0.29) is 6.61 Å². The molecule has 3 atom stereocenters. The van der Waals surface area contributed by atoms with Crippen molar-refractivity contribution in [2.24, 2.45) is 5.92 Å². The van der Waals surface area contributed by atoms with E-state index >= 15 is 0 Å². The van der Waals surface area contributed by atoms with Gasteiger partial charge in [0.15, 0.2) is 0 Å². The fourth-order valence-electron chi connectivity index (χ4n) is 4.81. The quantitative estimate of drug-likeness (QED) is 0.0670. The zero-order valence-corrected chi connectivity index (χ0v) is 31.0. The fraction of sp³-hybridized carbons (Fsp3) is 0.378. The van der Waals surface area contributed by atoms with Crippen LogP contribution in [0.1, 0.15) is 44.2 Å². The van der Waals surface area contributed by atoms with Gasteiger partial charge in [0.05, 0.1) is 6.42 Å². The highest BCUT2D eigenvalue weighted by Crippen LogP contribution is 2.08. The Morgan fingerprint density at radius 2 is 1.27 bits per heavy atom. The van der Waals surface area contributed by atoms with Crippen LogP contribution in [0.2, 0.25) is 0 Å². The average Bonchev–Trinajstić information content (AvgIpc) is 3.15. The van der Waals surface area contributed by atoms with Gasteiger partial charge in [-0.05, 0) is 29.9 Å². The molecular formula is C37H46N6O13. The molecule has 0 aliphatic carbocycles. The van der Waals surface area contributed by atoms with Crippen molar-refractivity contribution in [3.05, 3.63) is 83.9 Å². The van der Waals surface area contributed by atoms with Crippen LogP contribution >= 0.6 is 0 Å². The number of nitrogens with one attached hydrogen (secondary N) is 4. The molecule has 0 saturated heterocycles. The molecule has 0 fully saturated rings. The Morgan fingerprint density at radius 1 is 0.696 bits per heavy atom. The third-order valence-corrected chi connectivity index (χ3v) is 7.85. The molecule has 6 amide bonds. The second-order valence-corrected chi connectivity index (χ2v) is 12.7. The molecule has 7 N–H and O–H groups in total. The van der Waals surface area contributed by atoms with Gasteiger partial charge in [0.2, 0.25) is 17.7 Å². The number of carboxylic acids is 3. The fourth-order valence-corrected chi connectivity index (χ4v) is 4.81. The molecule has 56 heavy (non-hydrogen) atoms. The number of carboxylic acid groups (broad SMARTS) is 3. The molecule has 0 aliphatic rings. The van der Waals surface area contributed by atoms with Crippen molar-refractivity contribution in [2.75, 3.05) is 20.1 Å². The Kier molecular flexibility index (Phi) is 18.7. The lowest BCUT2D eigenvalue weighted by Crippen LogP contribution is -2.60. The summed E-state index contributed by atoms with van der Waals surface area (Å²) >= 11 is 0. The van der Waals surface area contributed by atoms with Gasteiger partial charge in [-0.2, -0.15) is 0 Å². The lowest BCUT2D eigenvalue weighted by Gasteiger charge is -2.28. The van der Waals surface area contributed by atoms with E-state index in [9.17, 15) is 58.5 Å². The van der Waals surface area contributed by atoms with Gasteiger partial charge in [-0.3, -0.25) is 43.8 Å². The van der Waals surface area contributed by atoms with Gasteiger partial charge in [-0.25, -0.2) is 9.80 Å². The standard InChI is InChI=1S/C37H46N6O13/c1-23(2)33(36(54)41-43(21-32(50)51)29(45)16-15-28(44)42(3)19-18-24-10-6-4-7-11-24)40-34(52)26(14-17-30(46)47)38-35(53)27(20-31(48)49)39-37(55)56-22-25-12-8-5-9-13-25/h4-13,15-16,23,26-27,33H,14,17-22H2,1-3H3,(H,38,53)(H,39,55)(H,40,52)(H,41,54)(H,46,47)(H,48,49)(H,50,51)/t26-,27-,33-/m0/s1. The lowest BCUT2D eigenvalue weighted by atomic mass is 10.0. The summed E-state index contributed by atoms with van der Waals surface area (Å²) < 4.78 is 5.05. The maximum Gasteiger partial charge on any atom is 0.408 e. The number of aliphatic carboxylic acids is 3. The summed E-state index contributed by atoms with van der Waals surface area (Å²) in [6, 6.07) is 12.8. The number of amides is 6. The number of ether oxygens (including phenoxy) is 1. The molecule has 0 aliphatic heterocycles. The van der Waals surface area contributed by atoms with Crippen LogP contribution in [0, 0.1) is 5.92 Å². The van der Waals surface area contributed by atoms with Crippen LogP contribution in [0.4, 0.5) is 4.79 Å². The maximum atomic E-state index is 13.5. The zero-order chi connectivity index (χ0) is 41.8. The van der Waals surface area contributed by atoms with E-state index in [1.807, 2.05) is 30.3 Å². The first-order chi connectivity index (χ1) is 26.5. The van der Waals surface area contributed by atoms with Gasteiger partial charge >= 0.3 is 24.0 Å². The maximum absolute atomic E-state index is 13.5. The summed E-state index contributed by atoms with van der Waals surface area (Å²) in [6.45, 7) is 2.01. The van der Waals surface area contributed by atoms with Crippen LogP contribution < -0.4 is 21.4 Å². The molecule has 0 spiro atoms. The number of rotatable bonds is 21. The number of carbonyl (C=O) groups is 9. The highest BCUT2D eigenvalue weighted by atomic mass is 16.5. The van der Waals surface area contributed by atoms with Gasteiger partial charge in [-0.15, -0.1) is 0 Å². The highest BCUT2D eigenvalue weighted by molar-refractivity contribution is 5.99. The zero-order valence-electron chi connectivity index (χ0n) is 31.0. The third kappa shape index (κ3) is 16.9.